The number of aliphatic imine (C=N–C) groups is 1. The van der Waals surface area contributed by atoms with Crippen LogP contribution in [0.15, 0.2) is 23.3 Å². The van der Waals surface area contributed by atoms with Crippen molar-refractivity contribution in [2.24, 2.45) is 10.9 Å². The molecule has 5 nitrogen and oxygen atoms in total. The van der Waals surface area contributed by atoms with Crippen molar-refractivity contribution in [2.75, 3.05) is 32.6 Å². The second-order valence-electron chi connectivity index (χ2n) is 5.41. The van der Waals surface area contributed by atoms with Gasteiger partial charge in [-0.05, 0) is 23.6 Å². The summed E-state index contributed by atoms with van der Waals surface area (Å²) in [7, 11) is 5.80. The highest BCUT2D eigenvalue weighted by atomic mass is 15.2. The quantitative estimate of drug-likeness (QED) is 0.597. The minimum Gasteiger partial charge on any atom is -0.363 e. The van der Waals surface area contributed by atoms with Crippen LogP contribution in [-0.4, -0.2) is 38.6 Å². The van der Waals surface area contributed by atoms with Gasteiger partial charge in [0, 0.05) is 40.4 Å². The maximum atomic E-state index is 4.32. The molecule has 5 heteroatoms. The summed E-state index contributed by atoms with van der Waals surface area (Å²) < 4.78 is 0. The van der Waals surface area contributed by atoms with E-state index in [4.69, 9.17) is 0 Å². The minimum absolute atomic E-state index is 0.699. The van der Waals surface area contributed by atoms with E-state index in [1.54, 1.807) is 7.05 Å². The topological polar surface area (TPSA) is 52.6 Å². The van der Waals surface area contributed by atoms with Crippen LogP contribution in [0, 0.1) is 5.92 Å². The van der Waals surface area contributed by atoms with Crippen molar-refractivity contribution in [3.05, 3.63) is 23.9 Å². The van der Waals surface area contributed by atoms with E-state index >= 15 is 0 Å². The van der Waals surface area contributed by atoms with Gasteiger partial charge in [-0.25, -0.2) is 4.98 Å². The van der Waals surface area contributed by atoms with E-state index in [0.29, 0.717) is 5.92 Å². The number of nitrogens with one attached hydrogen (secondary N) is 2. The van der Waals surface area contributed by atoms with E-state index in [-0.39, 0.29) is 0 Å². The van der Waals surface area contributed by atoms with Crippen LogP contribution in [0.1, 0.15) is 32.3 Å². The molecule has 0 spiro atoms. The van der Waals surface area contributed by atoms with Gasteiger partial charge in [-0.15, -0.1) is 0 Å². The lowest BCUT2D eigenvalue weighted by atomic mass is 10.0. The molecule has 1 aromatic heterocycles. The van der Waals surface area contributed by atoms with Gasteiger partial charge in [0.15, 0.2) is 5.96 Å². The Kier molecular flexibility index (Phi) is 7.58. The number of nitrogens with zero attached hydrogens (tertiary/aromatic N) is 3. The number of rotatable bonds is 7. The third-order valence-corrected chi connectivity index (χ3v) is 3.66. The molecule has 0 unspecified atom stereocenters. The Bertz CT molecular complexity index is 438. The van der Waals surface area contributed by atoms with Crippen molar-refractivity contribution in [1.82, 2.24) is 15.6 Å². The summed E-state index contributed by atoms with van der Waals surface area (Å²) in [6.45, 7) is 6.16. The van der Waals surface area contributed by atoms with Crippen molar-refractivity contribution in [1.29, 1.82) is 0 Å². The zero-order valence-corrected chi connectivity index (χ0v) is 14.0. The second-order valence-corrected chi connectivity index (χ2v) is 5.41. The molecule has 0 atom stereocenters. The summed E-state index contributed by atoms with van der Waals surface area (Å²) in [4.78, 5) is 10.6. The molecular weight excluding hydrogens is 262 g/mol. The Hall–Kier alpha value is -1.78. The van der Waals surface area contributed by atoms with Gasteiger partial charge in [0.1, 0.15) is 5.82 Å². The Morgan fingerprint density at radius 1 is 1.29 bits per heavy atom. The Morgan fingerprint density at radius 2 is 2.00 bits per heavy atom. The highest BCUT2D eigenvalue weighted by molar-refractivity contribution is 5.79. The van der Waals surface area contributed by atoms with Crippen molar-refractivity contribution in [3.63, 3.8) is 0 Å². The largest absolute Gasteiger partial charge is 0.363 e. The lowest BCUT2D eigenvalue weighted by molar-refractivity contribution is 0.481. The van der Waals surface area contributed by atoms with Gasteiger partial charge in [-0.2, -0.15) is 0 Å². The molecular formula is C16H29N5. The molecule has 0 saturated carbocycles. The molecule has 0 aliphatic rings. The maximum Gasteiger partial charge on any atom is 0.191 e. The number of hydrogen-bond donors (Lipinski definition) is 2. The first-order valence-corrected chi connectivity index (χ1v) is 7.67. The van der Waals surface area contributed by atoms with E-state index in [1.807, 2.05) is 31.3 Å². The molecule has 1 rings (SSSR count). The molecule has 0 bridgehead atoms. The molecule has 0 aromatic carbocycles. The zero-order chi connectivity index (χ0) is 15.7. The monoisotopic (exact) mass is 291 g/mol. The predicted molar refractivity (Wildman–Crippen MR) is 90.8 cm³/mol. The smallest absolute Gasteiger partial charge is 0.191 e. The number of aromatic nitrogens is 1. The summed E-state index contributed by atoms with van der Waals surface area (Å²) in [6, 6.07) is 4.11. The zero-order valence-electron chi connectivity index (χ0n) is 14.0. The summed E-state index contributed by atoms with van der Waals surface area (Å²) >= 11 is 0. The number of anilines is 1. The van der Waals surface area contributed by atoms with Crippen molar-refractivity contribution in [3.8, 4) is 0 Å². The molecule has 118 valence electrons. The van der Waals surface area contributed by atoms with Crippen LogP contribution in [0.2, 0.25) is 0 Å². The molecule has 0 amide bonds. The van der Waals surface area contributed by atoms with Crippen LogP contribution in [0.4, 0.5) is 5.82 Å². The van der Waals surface area contributed by atoms with Gasteiger partial charge in [0.2, 0.25) is 0 Å². The molecule has 0 fully saturated rings. The Labute approximate surface area is 128 Å². The third kappa shape index (κ3) is 6.02. The summed E-state index contributed by atoms with van der Waals surface area (Å²) in [5, 5.41) is 6.74. The van der Waals surface area contributed by atoms with Crippen LogP contribution in [0.3, 0.4) is 0 Å². The molecule has 0 radical (unpaired) electrons. The second kappa shape index (κ2) is 9.21. The molecule has 21 heavy (non-hydrogen) atoms. The van der Waals surface area contributed by atoms with E-state index in [9.17, 15) is 0 Å². The van der Waals surface area contributed by atoms with Crippen LogP contribution < -0.4 is 15.5 Å². The molecule has 1 heterocycles. The summed E-state index contributed by atoms with van der Waals surface area (Å²) in [5.41, 5.74) is 1.19. The fourth-order valence-corrected chi connectivity index (χ4v) is 2.04. The molecule has 0 aliphatic carbocycles. The van der Waals surface area contributed by atoms with Crippen LogP contribution >= 0.6 is 0 Å². The van der Waals surface area contributed by atoms with Crippen LogP contribution in [-0.2, 0) is 6.54 Å². The fourth-order valence-electron chi connectivity index (χ4n) is 2.04. The molecule has 0 saturated heterocycles. The summed E-state index contributed by atoms with van der Waals surface area (Å²) in [5.74, 6) is 2.52. The number of guanidine groups is 1. The first-order chi connectivity index (χ1) is 10.1. The van der Waals surface area contributed by atoms with E-state index in [0.717, 1.165) is 24.9 Å². The standard InChI is InChI=1S/C16H29N5/c1-6-13(7-2)11-19-16(17-3)20-12-14-8-9-18-15(10-14)21(4)5/h8-10,13H,6-7,11-12H2,1-5H3,(H2,17,19,20). The maximum absolute atomic E-state index is 4.32. The van der Waals surface area contributed by atoms with E-state index < -0.39 is 0 Å². The van der Waals surface area contributed by atoms with Crippen molar-refractivity contribution < 1.29 is 0 Å². The lowest BCUT2D eigenvalue weighted by Crippen LogP contribution is -2.39. The highest BCUT2D eigenvalue weighted by Gasteiger charge is 2.05. The third-order valence-electron chi connectivity index (χ3n) is 3.66. The van der Waals surface area contributed by atoms with Crippen LogP contribution in [0.5, 0.6) is 0 Å². The highest BCUT2D eigenvalue weighted by Crippen LogP contribution is 2.09. The number of hydrogen-bond acceptors (Lipinski definition) is 3. The minimum atomic E-state index is 0.699. The average molecular weight is 291 g/mol. The summed E-state index contributed by atoms with van der Waals surface area (Å²) in [6.07, 6.45) is 4.22. The molecule has 0 aliphatic heterocycles. The Balaban J connectivity index is 2.50. The lowest BCUT2D eigenvalue weighted by Gasteiger charge is -2.17. The van der Waals surface area contributed by atoms with Gasteiger partial charge < -0.3 is 15.5 Å². The van der Waals surface area contributed by atoms with E-state index in [2.05, 4.69) is 40.5 Å². The predicted octanol–water partition coefficient (Wildman–Crippen LogP) is 2.25. The SMILES string of the molecule is CCC(CC)CNC(=NC)NCc1ccnc(N(C)C)c1. The number of pyridine rings is 1. The van der Waals surface area contributed by atoms with Gasteiger partial charge >= 0.3 is 0 Å². The first kappa shape index (κ1) is 17.3. The Morgan fingerprint density at radius 3 is 2.57 bits per heavy atom. The average Bonchev–Trinajstić information content (AvgIpc) is 2.51. The molecule has 2 N–H and O–H groups in total. The van der Waals surface area contributed by atoms with Gasteiger partial charge in [-0.1, -0.05) is 26.7 Å². The van der Waals surface area contributed by atoms with Gasteiger partial charge in [0.05, 0.1) is 0 Å². The van der Waals surface area contributed by atoms with Crippen molar-refractivity contribution >= 4 is 11.8 Å². The van der Waals surface area contributed by atoms with Gasteiger partial charge in [-0.3, -0.25) is 4.99 Å². The van der Waals surface area contributed by atoms with Crippen LogP contribution in [0.25, 0.3) is 0 Å². The normalized spacial score (nSPS) is 11.6. The first-order valence-electron chi connectivity index (χ1n) is 7.67. The molecule has 1 aromatic rings. The van der Waals surface area contributed by atoms with Gasteiger partial charge in [0.25, 0.3) is 0 Å². The van der Waals surface area contributed by atoms with Crippen molar-refractivity contribution in [2.45, 2.75) is 33.2 Å². The fraction of sp³-hybridized carbons (Fsp3) is 0.625. The van der Waals surface area contributed by atoms with E-state index in [1.165, 1.54) is 18.4 Å².